The Morgan fingerprint density at radius 3 is 2.89 bits per heavy atom. The number of H-pyrrole nitrogens is 1. The van der Waals surface area contributed by atoms with Gasteiger partial charge in [0, 0.05) is 28.4 Å². The summed E-state index contributed by atoms with van der Waals surface area (Å²) in [6, 6.07) is 7.06. The van der Waals surface area contributed by atoms with Crippen LogP contribution in [0.25, 0.3) is 22.0 Å². The first-order valence-electron chi connectivity index (χ1n) is 5.48. The van der Waals surface area contributed by atoms with Gasteiger partial charge in [-0.2, -0.15) is 5.10 Å². The quantitative estimate of drug-likeness (QED) is 0.752. The fraction of sp³-hybridized carbons (Fsp3) is 0. The smallest absolute Gasteiger partial charge is 0.357 e. The maximum absolute atomic E-state index is 11.1. The summed E-state index contributed by atoms with van der Waals surface area (Å²) in [5.74, 6) is -1.07. The second-order valence-electron chi connectivity index (χ2n) is 3.97. The number of nitrogens with zero attached hydrogens (tertiary/aromatic N) is 2. The van der Waals surface area contributed by atoms with Gasteiger partial charge in [-0.05, 0) is 23.8 Å². The monoisotopic (exact) mass is 273 g/mol. The second-order valence-corrected chi connectivity index (χ2v) is 4.41. The summed E-state index contributed by atoms with van der Waals surface area (Å²) in [7, 11) is 0. The number of fused-ring (bicyclic) bond motifs is 1. The molecule has 0 saturated heterocycles. The van der Waals surface area contributed by atoms with Gasteiger partial charge in [0.05, 0.1) is 5.52 Å². The van der Waals surface area contributed by atoms with E-state index >= 15 is 0 Å². The van der Waals surface area contributed by atoms with Crippen LogP contribution in [0.5, 0.6) is 0 Å². The van der Waals surface area contributed by atoms with E-state index in [2.05, 4.69) is 15.2 Å². The molecule has 0 spiro atoms. The van der Waals surface area contributed by atoms with Crippen LogP contribution in [-0.4, -0.2) is 26.3 Å². The van der Waals surface area contributed by atoms with Crippen molar-refractivity contribution in [1.29, 1.82) is 0 Å². The molecule has 3 aromatic rings. The van der Waals surface area contributed by atoms with Gasteiger partial charge in [0.1, 0.15) is 0 Å². The summed E-state index contributed by atoms with van der Waals surface area (Å²) >= 11 is 5.93. The van der Waals surface area contributed by atoms with Crippen LogP contribution in [-0.2, 0) is 0 Å². The number of nitrogens with one attached hydrogen (secondary N) is 1. The molecule has 0 aliphatic heterocycles. The highest BCUT2D eigenvalue weighted by atomic mass is 35.5. The summed E-state index contributed by atoms with van der Waals surface area (Å²) in [4.78, 5) is 15.4. The van der Waals surface area contributed by atoms with Crippen molar-refractivity contribution >= 4 is 28.5 Å². The molecule has 19 heavy (non-hydrogen) atoms. The summed E-state index contributed by atoms with van der Waals surface area (Å²) in [5.41, 5.74) is 1.99. The summed E-state index contributed by atoms with van der Waals surface area (Å²) in [6.45, 7) is 0. The fourth-order valence-electron chi connectivity index (χ4n) is 2.01. The van der Waals surface area contributed by atoms with Crippen molar-refractivity contribution in [3.05, 3.63) is 47.4 Å². The number of carbonyl (C=O) groups is 1. The number of carboxylic acid groups (broad SMARTS) is 1. The van der Waals surface area contributed by atoms with Gasteiger partial charge in [-0.1, -0.05) is 17.7 Å². The van der Waals surface area contributed by atoms with E-state index in [1.54, 1.807) is 30.6 Å². The maximum atomic E-state index is 11.1. The summed E-state index contributed by atoms with van der Waals surface area (Å²) < 4.78 is 0. The minimum Gasteiger partial charge on any atom is -0.476 e. The third-order valence-electron chi connectivity index (χ3n) is 2.84. The number of rotatable bonds is 2. The third-order valence-corrected chi connectivity index (χ3v) is 3.07. The van der Waals surface area contributed by atoms with Gasteiger partial charge in [-0.25, -0.2) is 4.79 Å². The highest BCUT2D eigenvalue weighted by molar-refractivity contribution is 6.31. The Hall–Kier alpha value is -2.40. The third kappa shape index (κ3) is 1.94. The molecule has 2 N–H and O–H groups in total. The van der Waals surface area contributed by atoms with Crippen molar-refractivity contribution in [3.63, 3.8) is 0 Å². The van der Waals surface area contributed by atoms with Crippen molar-refractivity contribution in [3.8, 4) is 11.1 Å². The van der Waals surface area contributed by atoms with E-state index in [0.717, 1.165) is 10.9 Å². The zero-order chi connectivity index (χ0) is 13.4. The first-order valence-corrected chi connectivity index (χ1v) is 5.86. The van der Waals surface area contributed by atoms with Crippen LogP contribution in [0, 0.1) is 0 Å². The van der Waals surface area contributed by atoms with Gasteiger partial charge in [0.25, 0.3) is 0 Å². The molecule has 1 aromatic carbocycles. The molecule has 0 aliphatic carbocycles. The lowest BCUT2D eigenvalue weighted by Crippen LogP contribution is -1.99. The Labute approximate surface area is 112 Å². The lowest BCUT2D eigenvalue weighted by atomic mass is 10.0. The topological polar surface area (TPSA) is 78.9 Å². The first kappa shape index (κ1) is 11.7. The lowest BCUT2D eigenvalue weighted by molar-refractivity contribution is 0.0691. The van der Waals surface area contributed by atoms with Crippen LogP contribution < -0.4 is 0 Å². The molecule has 0 unspecified atom stereocenters. The molecule has 0 saturated carbocycles. The van der Waals surface area contributed by atoms with E-state index in [4.69, 9.17) is 16.7 Å². The average molecular weight is 274 g/mol. The molecule has 0 amide bonds. The number of pyridine rings is 1. The molecule has 2 heterocycles. The number of carboxylic acids is 1. The normalized spacial score (nSPS) is 10.8. The molecule has 0 fully saturated rings. The van der Waals surface area contributed by atoms with Gasteiger partial charge in [-0.15, -0.1) is 0 Å². The van der Waals surface area contributed by atoms with Crippen LogP contribution in [0.3, 0.4) is 0 Å². The predicted octanol–water partition coefficient (Wildman–Crippen LogP) is 2.98. The Morgan fingerprint density at radius 2 is 2.11 bits per heavy atom. The molecule has 0 bridgehead atoms. The number of hydrogen-bond acceptors (Lipinski definition) is 3. The van der Waals surface area contributed by atoms with Crippen molar-refractivity contribution in [2.75, 3.05) is 0 Å². The highest BCUT2D eigenvalue weighted by Gasteiger charge is 2.16. The van der Waals surface area contributed by atoms with Gasteiger partial charge < -0.3 is 5.11 Å². The highest BCUT2D eigenvalue weighted by Crippen LogP contribution is 2.30. The van der Waals surface area contributed by atoms with Crippen molar-refractivity contribution in [2.24, 2.45) is 0 Å². The van der Waals surface area contributed by atoms with Gasteiger partial charge in [0.2, 0.25) is 0 Å². The Morgan fingerprint density at radius 1 is 1.26 bits per heavy atom. The molecule has 6 heteroatoms. The average Bonchev–Trinajstić information content (AvgIpc) is 2.86. The fourth-order valence-corrected chi connectivity index (χ4v) is 2.18. The predicted molar refractivity (Wildman–Crippen MR) is 71.3 cm³/mol. The molecule has 0 atom stereocenters. The van der Waals surface area contributed by atoms with Crippen LogP contribution in [0.4, 0.5) is 0 Å². The van der Waals surface area contributed by atoms with E-state index in [0.29, 0.717) is 16.1 Å². The van der Waals surface area contributed by atoms with E-state index in [1.807, 2.05) is 6.07 Å². The number of aromatic nitrogens is 3. The van der Waals surface area contributed by atoms with Crippen LogP contribution in [0.1, 0.15) is 10.5 Å². The Bertz CT molecular complexity index is 782. The second kappa shape index (κ2) is 4.37. The maximum Gasteiger partial charge on any atom is 0.357 e. The molecule has 0 radical (unpaired) electrons. The standard InChI is InChI=1S/C13H8ClN3O2/c14-7-1-2-9-8(3-4-15-11(9)5-7)10-6-16-17-12(10)13(18)19/h1-6H,(H,16,17)(H,18,19). The van der Waals surface area contributed by atoms with Crippen molar-refractivity contribution in [1.82, 2.24) is 15.2 Å². The molecule has 0 aliphatic rings. The number of benzene rings is 1. The minimum atomic E-state index is -1.07. The van der Waals surface area contributed by atoms with Crippen LogP contribution >= 0.6 is 11.6 Å². The molecule has 3 rings (SSSR count). The van der Waals surface area contributed by atoms with E-state index < -0.39 is 5.97 Å². The Kier molecular flexibility index (Phi) is 2.68. The van der Waals surface area contributed by atoms with E-state index in [1.165, 1.54) is 0 Å². The first-order chi connectivity index (χ1) is 9.16. The summed E-state index contributed by atoms with van der Waals surface area (Å²) in [5, 5.41) is 16.9. The van der Waals surface area contributed by atoms with Crippen molar-refractivity contribution in [2.45, 2.75) is 0 Å². The van der Waals surface area contributed by atoms with Gasteiger partial charge in [0.15, 0.2) is 5.69 Å². The zero-order valence-electron chi connectivity index (χ0n) is 9.59. The van der Waals surface area contributed by atoms with E-state index in [9.17, 15) is 4.79 Å². The SMILES string of the molecule is O=C(O)c1n[nH]cc1-c1ccnc2cc(Cl)ccc12. The minimum absolute atomic E-state index is 0.0116. The van der Waals surface area contributed by atoms with Crippen molar-refractivity contribution < 1.29 is 9.90 Å². The summed E-state index contributed by atoms with van der Waals surface area (Å²) in [6.07, 6.45) is 3.18. The lowest BCUT2D eigenvalue weighted by Gasteiger charge is -2.05. The molecule has 94 valence electrons. The van der Waals surface area contributed by atoms with Crippen LogP contribution in [0.2, 0.25) is 5.02 Å². The molecule has 5 nitrogen and oxygen atoms in total. The molecular formula is C13H8ClN3O2. The number of aromatic amines is 1. The number of aromatic carboxylic acids is 1. The zero-order valence-corrected chi connectivity index (χ0v) is 10.3. The largest absolute Gasteiger partial charge is 0.476 e. The van der Waals surface area contributed by atoms with Gasteiger partial charge in [-0.3, -0.25) is 10.1 Å². The Balaban J connectivity index is 2.31. The molecule has 2 aromatic heterocycles. The number of hydrogen-bond donors (Lipinski definition) is 2. The van der Waals surface area contributed by atoms with E-state index in [-0.39, 0.29) is 5.69 Å². The van der Waals surface area contributed by atoms with Crippen LogP contribution in [0.15, 0.2) is 36.7 Å². The van der Waals surface area contributed by atoms with Gasteiger partial charge >= 0.3 is 5.97 Å². The molecular weight excluding hydrogens is 266 g/mol. The number of halogens is 1.